The lowest BCUT2D eigenvalue weighted by Gasteiger charge is -2.24. The lowest BCUT2D eigenvalue weighted by Crippen LogP contribution is -2.25. The van der Waals surface area contributed by atoms with E-state index in [-0.39, 0.29) is 17.9 Å². The van der Waals surface area contributed by atoms with Crippen molar-refractivity contribution in [2.45, 2.75) is 26.2 Å². The van der Waals surface area contributed by atoms with Gasteiger partial charge in [0, 0.05) is 24.0 Å². The molecule has 1 atom stereocenters. The summed E-state index contributed by atoms with van der Waals surface area (Å²) in [6, 6.07) is 9.44. The number of hydrogen-bond acceptors (Lipinski definition) is 4. The van der Waals surface area contributed by atoms with E-state index in [2.05, 4.69) is 21.5 Å². The van der Waals surface area contributed by atoms with Gasteiger partial charge < -0.3 is 5.32 Å². The standard InChI is InChI=1S/C21H16F2N4OS/c1-10-3-6-16-17(7-10)29-21(24-16)27-20-19(11(2)26-27)14(9-18(28)25-20)13-5-4-12(22)8-15(13)23/h3-8,14H,9H2,1-2H3,(H,25,28)/t14-/m0/s1. The molecular weight excluding hydrogens is 394 g/mol. The fourth-order valence-corrected chi connectivity index (χ4v) is 4.87. The number of amides is 1. The lowest BCUT2D eigenvalue weighted by molar-refractivity contribution is -0.116. The molecule has 0 bridgehead atoms. The topological polar surface area (TPSA) is 59.8 Å². The zero-order valence-corrected chi connectivity index (χ0v) is 16.5. The van der Waals surface area contributed by atoms with E-state index in [4.69, 9.17) is 0 Å². The Morgan fingerprint density at radius 2 is 2.00 bits per heavy atom. The monoisotopic (exact) mass is 410 g/mol. The Balaban J connectivity index is 1.68. The number of aromatic nitrogens is 3. The number of rotatable bonds is 2. The zero-order valence-electron chi connectivity index (χ0n) is 15.7. The fraction of sp³-hybridized carbons (Fsp3) is 0.190. The van der Waals surface area contributed by atoms with Crippen LogP contribution in [-0.2, 0) is 4.79 Å². The van der Waals surface area contributed by atoms with Gasteiger partial charge in [0.2, 0.25) is 11.0 Å². The third kappa shape index (κ3) is 2.91. The van der Waals surface area contributed by atoms with Gasteiger partial charge in [0.15, 0.2) is 0 Å². The summed E-state index contributed by atoms with van der Waals surface area (Å²) in [6.07, 6.45) is 0.0706. The highest BCUT2D eigenvalue weighted by Crippen LogP contribution is 2.41. The van der Waals surface area contributed by atoms with Gasteiger partial charge in [0.25, 0.3) is 0 Å². The van der Waals surface area contributed by atoms with Crippen molar-refractivity contribution in [2.24, 2.45) is 0 Å². The second-order valence-corrected chi connectivity index (χ2v) is 8.21. The number of anilines is 1. The maximum Gasteiger partial charge on any atom is 0.226 e. The minimum atomic E-state index is -0.668. The van der Waals surface area contributed by atoms with Crippen LogP contribution in [0.5, 0.6) is 0 Å². The van der Waals surface area contributed by atoms with Crippen LogP contribution in [0.2, 0.25) is 0 Å². The molecule has 146 valence electrons. The maximum atomic E-state index is 14.5. The fourth-order valence-electron chi connectivity index (χ4n) is 3.85. The number of nitrogens with zero attached hydrogens (tertiary/aromatic N) is 3. The van der Waals surface area contributed by atoms with E-state index in [0.717, 1.165) is 27.4 Å². The molecule has 4 aromatic rings. The number of carbonyl (C=O) groups excluding carboxylic acids is 1. The summed E-state index contributed by atoms with van der Waals surface area (Å²) >= 11 is 1.47. The van der Waals surface area contributed by atoms with Crippen molar-refractivity contribution in [1.29, 1.82) is 0 Å². The van der Waals surface area contributed by atoms with Gasteiger partial charge in [-0.05, 0) is 43.2 Å². The van der Waals surface area contributed by atoms with Crippen LogP contribution in [0.25, 0.3) is 15.3 Å². The van der Waals surface area contributed by atoms with Gasteiger partial charge in [-0.3, -0.25) is 4.79 Å². The van der Waals surface area contributed by atoms with Gasteiger partial charge in [-0.15, -0.1) is 0 Å². The van der Waals surface area contributed by atoms with Crippen molar-refractivity contribution >= 4 is 33.3 Å². The van der Waals surface area contributed by atoms with Gasteiger partial charge in [0.1, 0.15) is 17.5 Å². The smallest absolute Gasteiger partial charge is 0.226 e. The van der Waals surface area contributed by atoms with Crippen molar-refractivity contribution in [3.05, 3.63) is 70.4 Å². The highest BCUT2D eigenvalue weighted by atomic mass is 32.1. The van der Waals surface area contributed by atoms with Crippen molar-refractivity contribution < 1.29 is 13.6 Å². The Bertz CT molecular complexity index is 1290. The second-order valence-electron chi connectivity index (χ2n) is 7.20. The zero-order chi connectivity index (χ0) is 20.3. The molecule has 3 heterocycles. The van der Waals surface area contributed by atoms with E-state index >= 15 is 0 Å². The molecule has 5 rings (SSSR count). The molecular formula is C21H16F2N4OS. The average Bonchev–Trinajstić information content (AvgIpc) is 3.21. The Morgan fingerprint density at radius 1 is 1.17 bits per heavy atom. The first-order valence-electron chi connectivity index (χ1n) is 9.12. The molecule has 0 saturated carbocycles. The van der Waals surface area contributed by atoms with E-state index in [1.165, 1.54) is 23.5 Å². The summed E-state index contributed by atoms with van der Waals surface area (Å²) < 4.78 is 30.5. The van der Waals surface area contributed by atoms with Gasteiger partial charge >= 0.3 is 0 Å². The molecule has 0 radical (unpaired) electrons. The molecule has 0 fully saturated rings. The third-order valence-corrected chi connectivity index (χ3v) is 6.15. The van der Waals surface area contributed by atoms with Gasteiger partial charge in [-0.2, -0.15) is 9.78 Å². The first kappa shape index (κ1) is 17.9. The van der Waals surface area contributed by atoms with Crippen LogP contribution in [0.3, 0.4) is 0 Å². The predicted molar refractivity (Wildman–Crippen MR) is 108 cm³/mol. The first-order chi connectivity index (χ1) is 13.9. The van der Waals surface area contributed by atoms with E-state index in [1.807, 2.05) is 26.0 Å². The van der Waals surface area contributed by atoms with Gasteiger partial charge in [-0.1, -0.05) is 23.5 Å². The first-order valence-corrected chi connectivity index (χ1v) is 9.94. The Labute approximate surface area is 169 Å². The summed E-state index contributed by atoms with van der Waals surface area (Å²) in [5.74, 6) is -1.61. The molecule has 1 aliphatic rings. The number of halogens is 2. The molecule has 0 unspecified atom stereocenters. The SMILES string of the molecule is Cc1ccc2nc(-n3nc(C)c4c3NC(=O)C[C@H]4c3ccc(F)cc3F)sc2c1. The van der Waals surface area contributed by atoms with Crippen LogP contribution in [0.15, 0.2) is 36.4 Å². The normalized spacial score (nSPS) is 16.1. The van der Waals surface area contributed by atoms with Crippen LogP contribution < -0.4 is 5.32 Å². The van der Waals surface area contributed by atoms with E-state index in [9.17, 15) is 13.6 Å². The average molecular weight is 410 g/mol. The maximum absolute atomic E-state index is 14.5. The Hall–Kier alpha value is -3.13. The highest BCUT2D eigenvalue weighted by molar-refractivity contribution is 7.20. The van der Waals surface area contributed by atoms with Crippen molar-refractivity contribution in [2.75, 3.05) is 5.32 Å². The van der Waals surface area contributed by atoms with Crippen molar-refractivity contribution in [3.8, 4) is 5.13 Å². The molecule has 2 aromatic carbocycles. The summed E-state index contributed by atoms with van der Waals surface area (Å²) in [5.41, 5.74) is 3.66. The largest absolute Gasteiger partial charge is 0.310 e. The molecule has 1 amide bonds. The summed E-state index contributed by atoms with van der Waals surface area (Å²) in [5, 5.41) is 8.08. The molecule has 0 aliphatic carbocycles. The van der Waals surface area contributed by atoms with Crippen LogP contribution in [0.4, 0.5) is 14.6 Å². The van der Waals surface area contributed by atoms with Crippen LogP contribution in [-0.4, -0.2) is 20.7 Å². The van der Waals surface area contributed by atoms with E-state index in [0.29, 0.717) is 16.6 Å². The van der Waals surface area contributed by atoms with E-state index in [1.54, 1.807) is 4.68 Å². The third-order valence-electron chi connectivity index (χ3n) is 5.15. The molecule has 0 spiro atoms. The molecule has 1 aliphatic heterocycles. The summed E-state index contributed by atoms with van der Waals surface area (Å²) in [6.45, 7) is 3.83. The summed E-state index contributed by atoms with van der Waals surface area (Å²) in [4.78, 5) is 17.1. The quantitative estimate of drug-likeness (QED) is 0.514. The minimum absolute atomic E-state index is 0.0706. The predicted octanol–water partition coefficient (Wildman–Crippen LogP) is 4.85. The van der Waals surface area contributed by atoms with Crippen LogP contribution in [0, 0.1) is 25.5 Å². The molecule has 2 aromatic heterocycles. The number of hydrogen-bond donors (Lipinski definition) is 1. The molecule has 5 nitrogen and oxygen atoms in total. The number of benzene rings is 2. The van der Waals surface area contributed by atoms with Gasteiger partial charge in [-0.25, -0.2) is 13.8 Å². The second kappa shape index (κ2) is 6.45. The molecule has 8 heteroatoms. The number of nitrogens with one attached hydrogen (secondary N) is 1. The molecule has 0 saturated heterocycles. The van der Waals surface area contributed by atoms with Crippen molar-refractivity contribution in [3.63, 3.8) is 0 Å². The number of thiazole rings is 1. The Kier molecular flexibility index (Phi) is 3.99. The van der Waals surface area contributed by atoms with Crippen LogP contribution in [0.1, 0.15) is 34.7 Å². The van der Waals surface area contributed by atoms with Crippen molar-refractivity contribution in [1.82, 2.24) is 14.8 Å². The van der Waals surface area contributed by atoms with Gasteiger partial charge in [0.05, 0.1) is 15.9 Å². The molecule has 1 N–H and O–H groups in total. The number of aryl methyl sites for hydroxylation is 2. The summed E-state index contributed by atoms with van der Waals surface area (Å²) in [7, 11) is 0. The van der Waals surface area contributed by atoms with Crippen LogP contribution >= 0.6 is 11.3 Å². The lowest BCUT2D eigenvalue weighted by atomic mass is 9.85. The Morgan fingerprint density at radius 3 is 2.79 bits per heavy atom. The number of fused-ring (bicyclic) bond motifs is 2. The molecule has 29 heavy (non-hydrogen) atoms. The van der Waals surface area contributed by atoms with E-state index < -0.39 is 17.6 Å². The highest BCUT2D eigenvalue weighted by Gasteiger charge is 2.34. The number of carbonyl (C=O) groups is 1. The minimum Gasteiger partial charge on any atom is -0.310 e.